The SMILES string of the molecule is OB(c1ccc(Cl)cc1F)C1C(Cl)=CC=CC1(F)Br. The molecule has 0 amide bonds. The maximum Gasteiger partial charge on any atom is 0.339 e. The molecule has 0 spiro atoms. The van der Waals surface area contributed by atoms with Gasteiger partial charge >= 0.3 is 6.92 Å². The molecule has 1 aliphatic carbocycles. The van der Waals surface area contributed by atoms with Gasteiger partial charge in [0, 0.05) is 10.1 Å². The third kappa shape index (κ3) is 3.05. The highest BCUT2D eigenvalue weighted by Crippen LogP contribution is 2.46. The van der Waals surface area contributed by atoms with Crippen molar-refractivity contribution in [1.29, 1.82) is 0 Å². The molecule has 1 aliphatic rings. The third-order valence-electron chi connectivity index (χ3n) is 2.88. The second-order valence-electron chi connectivity index (χ2n) is 4.17. The quantitative estimate of drug-likeness (QED) is 0.623. The molecule has 2 rings (SSSR count). The molecule has 0 radical (unpaired) electrons. The molecule has 0 saturated heterocycles. The van der Waals surface area contributed by atoms with Gasteiger partial charge < -0.3 is 5.02 Å². The van der Waals surface area contributed by atoms with Gasteiger partial charge in [-0.25, -0.2) is 8.78 Å². The first-order valence-corrected chi connectivity index (χ1v) is 6.93. The Balaban J connectivity index is 2.40. The van der Waals surface area contributed by atoms with Gasteiger partial charge in [0.05, 0.1) is 5.82 Å². The zero-order chi connectivity index (χ0) is 14.2. The number of alkyl halides is 2. The number of halogens is 5. The van der Waals surface area contributed by atoms with Crippen molar-refractivity contribution >= 4 is 51.5 Å². The van der Waals surface area contributed by atoms with Gasteiger partial charge in [-0.1, -0.05) is 35.3 Å². The Bertz CT molecular complexity index is 563. The molecule has 1 aromatic carbocycles. The van der Waals surface area contributed by atoms with Gasteiger partial charge in [0.15, 0.2) is 4.58 Å². The van der Waals surface area contributed by atoms with Crippen molar-refractivity contribution in [3.8, 4) is 0 Å². The third-order valence-corrected chi connectivity index (χ3v) is 4.24. The molecule has 1 N–H and O–H groups in total. The molecular formula is C12H8BBrCl2F2O. The summed E-state index contributed by atoms with van der Waals surface area (Å²) in [6, 6.07) is 3.80. The zero-order valence-electron chi connectivity index (χ0n) is 9.46. The Morgan fingerprint density at radius 3 is 2.63 bits per heavy atom. The highest BCUT2D eigenvalue weighted by molar-refractivity contribution is 9.10. The van der Waals surface area contributed by atoms with E-state index in [4.69, 9.17) is 23.2 Å². The van der Waals surface area contributed by atoms with Crippen molar-refractivity contribution in [2.45, 2.75) is 10.4 Å². The summed E-state index contributed by atoms with van der Waals surface area (Å²) in [5.74, 6) is -1.84. The smallest absolute Gasteiger partial charge is 0.339 e. The van der Waals surface area contributed by atoms with Crippen LogP contribution in [-0.4, -0.2) is 16.5 Å². The minimum Gasteiger partial charge on any atom is -0.446 e. The monoisotopic (exact) mass is 366 g/mol. The predicted molar refractivity (Wildman–Crippen MR) is 78.6 cm³/mol. The fraction of sp³-hybridized carbons (Fsp3) is 0.167. The topological polar surface area (TPSA) is 20.2 Å². The van der Waals surface area contributed by atoms with E-state index in [9.17, 15) is 13.8 Å². The molecular weight excluding hydrogens is 360 g/mol. The van der Waals surface area contributed by atoms with Gasteiger partial charge in [-0.3, -0.25) is 0 Å². The number of hydrogen-bond donors (Lipinski definition) is 1. The average molecular weight is 368 g/mol. The molecule has 2 unspecified atom stereocenters. The van der Waals surface area contributed by atoms with Crippen LogP contribution in [0.25, 0.3) is 0 Å². The summed E-state index contributed by atoms with van der Waals surface area (Å²) in [5.41, 5.74) is -0.0577. The summed E-state index contributed by atoms with van der Waals surface area (Å²) >= 11 is 14.4. The largest absolute Gasteiger partial charge is 0.446 e. The van der Waals surface area contributed by atoms with E-state index in [1.807, 2.05) is 0 Å². The van der Waals surface area contributed by atoms with Gasteiger partial charge in [-0.15, -0.1) is 0 Å². The molecule has 100 valence electrons. The lowest BCUT2D eigenvalue weighted by Crippen LogP contribution is -2.44. The standard InChI is InChI=1S/C12H8BBrCl2F2O/c14-12(18)5-1-2-9(16)11(12)13(19)8-4-3-7(15)6-10(8)17/h1-6,11,19H. The summed E-state index contributed by atoms with van der Waals surface area (Å²) in [4.78, 5) is 0. The molecule has 1 nitrogen and oxygen atoms in total. The average Bonchev–Trinajstić information content (AvgIpc) is 2.27. The van der Waals surface area contributed by atoms with Crippen LogP contribution in [-0.2, 0) is 0 Å². The molecule has 19 heavy (non-hydrogen) atoms. The summed E-state index contributed by atoms with van der Waals surface area (Å²) in [7, 11) is 0. The maximum absolute atomic E-state index is 14.3. The normalized spacial score (nSPS) is 26.2. The first-order valence-electron chi connectivity index (χ1n) is 5.38. The summed E-state index contributed by atoms with van der Waals surface area (Å²) in [6.07, 6.45) is 4.10. The van der Waals surface area contributed by atoms with Gasteiger partial charge in [0.25, 0.3) is 0 Å². The van der Waals surface area contributed by atoms with Crippen LogP contribution < -0.4 is 5.46 Å². The van der Waals surface area contributed by atoms with E-state index in [0.717, 1.165) is 6.07 Å². The Labute approximate surface area is 128 Å². The fourth-order valence-corrected chi connectivity index (χ4v) is 3.23. The number of hydrogen-bond acceptors (Lipinski definition) is 1. The fourth-order valence-electron chi connectivity index (χ4n) is 1.94. The molecule has 0 bridgehead atoms. The molecule has 0 heterocycles. The van der Waals surface area contributed by atoms with Gasteiger partial charge in [-0.05, 0) is 45.7 Å². The van der Waals surface area contributed by atoms with Crippen LogP contribution >= 0.6 is 39.1 Å². The van der Waals surface area contributed by atoms with Crippen molar-refractivity contribution < 1.29 is 13.8 Å². The summed E-state index contributed by atoms with van der Waals surface area (Å²) in [6.45, 7) is -1.43. The number of rotatable bonds is 2. The molecule has 0 aliphatic heterocycles. The minimum absolute atomic E-state index is 0.0577. The first kappa shape index (κ1) is 15.0. The lowest BCUT2D eigenvalue weighted by molar-refractivity contribution is 0.350. The zero-order valence-corrected chi connectivity index (χ0v) is 12.6. The van der Waals surface area contributed by atoms with Gasteiger partial charge in [0.1, 0.15) is 5.82 Å². The van der Waals surface area contributed by atoms with Crippen molar-refractivity contribution in [3.63, 3.8) is 0 Å². The van der Waals surface area contributed by atoms with E-state index in [1.54, 1.807) is 0 Å². The highest BCUT2D eigenvalue weighted by atomic mass is 79.9. The van der Waals surface area contributed by atoms with Crippen molar-refractivity contribution in [2.24, 2.45) is 0 Å². The molecule has 0 saturated carbocycles. The van der Waals surface area contributed by atoms with Gasteiger partial charge in [-0.2, -0.15) is 0 Å². The van der Waals surface area contributed by atoms with Crippen molar-refractivity contribution in [3.05, 3.63) is 52.3 Å². The van der Waals surface area contributed by atoms with E-state index in [-0.39, 0.29) is 15.5 Å². The number of allylic oxidation sites excluding steroid dienone is 4. The minimum atomic E-state index is -2.04. The molecule has 0 fully saturated rings. The molecule has 1 aromatic rings. The van der Waals surface area contributed by atoms with E-state index in [0.29, 0.717) is 0 Å². The van der Waals surface area contributed by atoms with Crippen LogP contribution in [0.2, 0.25) is 10.8 Å². The summed E-state index contributed by atoms with van der Waals surface area (Å²) in [5, 5.41) is 10.5. The van der Waals surface area contributed by atoms with Crippen LogP contribution in [0.4, 0.5) is 8.78 Å². The van der Waals surface area contributed by atoms with Crippen molar-refractivity contribution in [1.82, 2.24) is 0 Å². The van der Waals surface area contributed by atoms with E-state index >= 15 is 0 Å². The van der Waals surface area contributed by atoms with E-state index in [1.165, 1.54) is 30.4 Å². The molecule has 7 heteroatoms. The predicted octanol–water partition coefficient (Wildman–Crippen LogP) is 3.79. The second kappa shape index (κ2) is 5.56. The Hall–Kier alpha value is -0.355. The van der Waals surface area contributed by atoms with Crippen LogP contribution in [0.3, 0.4) is 0 Å². The number of benzene rings is 1. The lowest BCUT2D eigenvalue weighted by Gasteiger charge is -2.30. The molecule has 0 aromatic heterocycles. The van der Waals surface area contributed by atoms with Crippen LogP contribution in [0.15, 0.2) is 41.5 Å². The highest BCUT2D eigenvalue weighted by Gasteiger charge is 2.46. The lowest BCUT2D eigenvalue weighted by atomic mass is 9.49. The van der Waals surface area contributed by atoms with E-state index in [2.05, 4.69) is 15.9 Å². The maximum atomic E-state index is 14.3. The van der Waals surface area contributed by atoms with E-state index < -0.39 is 23.1 Å². The Morgan fingerprint density at radius 2 is 2.05 bits per heavy atom. The Kier molecular flexibility index (Phi) is 4.40. The second-order valence-corrected chi connectivity index (χ2v) is 6.26. The Morgan fingerprint density at radius 1 is 1.37 bits per heavy atom. The molecule has 2 atom stereocenters. The van der Waals surface area contributed by atoms with Crippen LogP contribution in [0.5, 0.6) is 0 Å². The van der Waals surface area contributed by atoms with Gasteiger partial charge in [0.2, 0.25) is 0 Å². The first-order chi connectivity index (χ1) is 8.83. The van der Waals surface area contributed by atoms with Crippen molar-refractivity contribution in [2.75, 3.05) is 0 Å². The van der Waals surface area contributed by atoms with Crippen LogP contribution in [0, 0.1) is 5.82 Å². The summed E-state index contributed by atoms with van der Waals surface area (Å²) < 4.78 is 26.1. The van der Waals surface area contributed by atoms with Crippen LogP contribution in [0.1, 0.15) is 0 Å².